The number of nitrogens with one attached hydrogen (secondary N) is 1. The molecule has 4 rings (SSSR count). The topological polar surface area (TPSA) is 64.0 Å². The number of pyridine rings is 1. The van der Waals surface area contributed by atoms with Gasteiger partial charge in [-0.1, -0.05) is 29.8 Å². The number of hydrogen-bond donors (Lipinski definition) is 1. The Hall–Kier alpha value is -3.03. The molecule has 0 unspecified atom stereocenters. The second-order valence-electron chi connectivity index (χ2n) is 6.47. The van der Waals surface area contributed by atoms with Gasteiger partial charge in [0, 0.05) is 33.1 Å². The number of anilines is 1. The number of nitrogens with zero attached hydrogens (tertiary/aromatic N) is 2. The molecule has 5 nitrogen and oxygen atoms in total. The van der Waals surface area contributed by atoms with Gasteiger partial charge in [-0.25, -0.2) is 9.37 Å². The average Bonchev–Trinajstić information content (AvgIpc) is 3.14. The molecule has 2 aromatic carbocycles. The molecule has 1 amide bonds. The van der Waals surface area contributed by atoms with Crippen molar-refractivity contribution in [2.45, 2.75) is 13.5 Å². The van der Waals surface area contributed by atoms with Crippen molar-refractivity contribution in [3.63, 3.8) is 0 Å². The van der Waals surface area contributed by atoms with Gasteiger partial charge in [-0.3, -0.25) is 9.59 Å². The molecule has 0 fully saturated rings. The molecule has 29 heavy (non-hydrogen) atoms. The Bertz CT molecular complexity index is 1280. The van der Waals surface area contributed by atoms with E-state index in [1.807, 2.05) is 17.5 Å². The number of amides is 1. The van der Waals surface area contributed by atoms with Gasteiger partial charge in [0.15, 0.2) is 10.6 Å². The molecule has 0 bridgehead atoms. The lowest BCUT2D eigenvalue weighted by atomic mass is 10.1. The van der Waals surface area contributed by atoms with Gasteiger partial charge in [-0.15, -0.1) is 11.3 Å². The monoisotopic (exact) mass is 427 g/mol. The second-order valence-corrected chi connectivity index (χ2v) is 7.76. The zero-order chi connectivity index (χ0) is 20.5. The smallest absolute Gasteiger partial charge is 0.246 e. The Morgan fingerprint density at radius 1 is 1.24 bits per heavy atom. The Labute approximate surface area is 174 Å². The van der Waals surface area contributed by atoms with Gasteiger partial charge in [0.05, 0.1) is 11.2 Å². The van der Waals surface area contributed by atoms with Crippen LogP contribution in [0.2, 0.25) is 5.02 Å². The van der Waals surface area contributed by atoms with Crippen LogP contribution in [-0.2, 0) is 11.3 Å². The fourth-order valence-corrected chi connectivity index (χ4v) is 3.96. The summed E-state index contributed by atoms with van der Waals surface area (Å²) >= 11 is 7.19. The zero-order valence-electron chi connectivity index (χ0n) is 15.3. The predicted molar refractivity (Wildman–Crippen MR) is 114 cm³/mol. The van der Waals surface area contributed by atoms with E-state index in [0.717, 1.165) is 11.3 Å². The minimum Gasteiger partial charge on any atom is -0.333 e. The first-order valence-electron chi connectivity index (χ1n) is 8.72. The lowest BCUT2D eigenvalue weighted by Gasteiger charge is -2.14. The number of rotatable bonds is 4. The lowest BCUT2D eigenvalue weighted by Crippen LogP contribution is -2.22. The highest BCUT2D eigenvalue weighted by atomic mass is 35.5. The molecule has 0 aliphatic carbocycles. The molecule has 146 valence electrons. The standard InChI is InChI=1S/C21H15ClFN3O2S/c1-12-9-18(27)15-3-2-4-16(23)20(15)26(12)10-19(28)25-21-24-17(11-29-21)13-5-7-14(22)8-6-13/h2-9,11H,10H2,1H3,(H,24,25,28). The Kier molecular flexibility index (Phi) is 5.17. The van der Waals surface area contributed by atoms with Crippen molar-refractivity contribution < 1.29 is 9.18 Å². The fourth-order valence-electron chi connectivity index (χ4n) is 3.10. The molecule has 0 radical (unpaired) electrons. The van der Waals surface area contributed by atoms with Crippen LogP contribution in [0.1, 0.15) is 5.69 Å². The van der Waals surface area contributed by atoms with E-state index in [2.05, 4.69) is 10.3 Å². The first-order valence-corrected chi connectivity index (χ1v) is 9.98. The van der Waals surface area contributed by atoms with Crippen LogP contribution in [0.4, 0.5) is 9.52 Å². The van der Waals surface area contributed by atoms with E-state index >= 15 is 0 Å². The summed E-state index contributed by atoms with van der Waals surface area (Å²) in [4.78, 5) is 29.1. The van der Waals surface area contributed by atoms with Crippen LogP contribution in [0.5, 0.6) is 0 Å². The zero-order valence-corrected chi connectivity index (χ0v) is 16.9. The van der Waals surface area contributed by atoms with Crippen LogP contribution in [0.3, 0.4) is 0 Å². The fraction of sp³-hybridized carbons (Fsp3) is 0.0952. The van der Waals surface area contributed by atoms with Crippen LogP contribution in [0.25, 0.3) is 22.2 Å². The molecule has 2 aromatic heterocycles. The first-order chi connectivity index (χ1) is 13.9. The number of aryl methyl sites for hydroxylation is 1. The average molecular weight is 428 g/mol. The Morgan fingerprint density at radius 3 is 2.76 bits per heavy atom. The SMILES string of the molecule is Cc1cc(=O)c2cccc(F)c2n1CC(=O)Nc1nc(-c2ccc(Cl)cc2)cs1. The number of para-hydroxylation sites is 1. The summed E-state index contributed by atoms with van der Waals surface area (Å²) < 4.78 is 15.9. The van der Waals surface area contributed by atoms with Crippen molar-refractivity contribution in [2.24, 2.45) is 0 Å². The van der Waals surface area contributed by atoms with Crippen molar-refractivity contribution in [3.8, 4) is 11.3 Å². The van der Waals surface area contributed by atoms with E-state index < -0.39 is 5.82 Å². The maximum atomic E-state index is 14.4. The van der Waals surface area contributed by atoms with E-state index in [1.165, 1.54) is 34.1 Å². The van der Waals surface area contributed by atoms with E-state index in [0.29, 0.717) is 15.8 Å². The van der Waals surface area contributed by atoms with Gasteiger partial charge in [0.1, 0.15) is 12.4 Å². The molecule has 0 saturated heterocycles. The van der Waals surface area contributed by atoms with Crippen molar-refractivity contribution in [2.75, 3.05) is 5.32 Å². The number of benzene rings is 2. The molecule has 0 atom stereocenters. The normalized spacial score (nSPS) is 11.0. The number of carbonyl (C=O) groups is 1. The van der Waals surface area contributed by atoms with Crippen molar-refractivity contribution in [1.82, 2.24) is 9.55 Å². The highest BCUT2D eigenvalue weighted by molar-refractivity contribution is 7.14. The first kappa shape index (κ1) is 19.3. The summed E-state index contributed by atoms with van der Waals surface area (Å²) in [6, 6.07) is 12.9. The van der Waals surface area contributed by atoms with E-state index in [4.69, 9.17) is 11.6 Å². The minimum absolute atomic E-state index is 0.119. The molecule has 8 heteroatoms. The number of thiazole rings is 1. The molecule has 0 spiro atoms. The van der Waals surface area contributed by atoms with Gasteiger partial charge in [-0.05, 0) is 31.2 Å². The third kappa shape index (κ3) is 3.92. The molecule has 1 N–H and O–H groups in total. The van der Waals surface area contributed by atoms with Crippen molar-refractivity contribution >= 4 is 44.9 Å². The molecule has 2 heterocycles. The third-order valence-electron chi connectivity index (χ3n) is 4.48. The van der Waals surface area contributed by atoms with Crippen LogP contribution in [-0.4, -0.2) is 15.5 Å². The summed E-state index contributed by atoms with van der Waals surface area (Å²) in [5, 5.41) is 5.88. The number of fused-ring (bicyclic) bond motifs is 1. The number of aromatic nitrogens is 2. The maximum Gasteiger partial charge on any atom is 0.246 e. The molecule has 0 aliphatic rings. The van der Waals surface area contributed by atoms with Crippen LogP contribution < -0.4 is 10.7 Å². The van der Waals surface area contributed by atoms with Crippen molar-refractivity contribution in [3.05, 3.63) is 80.7 Å². The maximum absolute atomic E-state index is 14.4. The minimum atomic E-state index is -0.546. The lowest BCUT2D eigenvalue weighted by molar-refractivity contribution is -0.116. The predicted octanol–water partition coefficient (Wildman–Crippen LogP) is 4.86. The summed E-state index contributed by atoms with van der Waals surface area (Å²) in [7, 11) is 0. The van der Waals surface area contributed by atoms with Crippen molar-refractivity contribution in [1.29, 1.82) is 0 Å². The van der Waals surface area contributed by atoms with Gasteiger partial charge in [0.2, 0.25) is 5.91 Å². The molecule has 0 aliphatic heterocycles. The number of halogens is 2. The van der Waals surface area contributed by atoms with Gasteiger partial charge in [-0.2, -0.15) is 0 Å². The summed E-state index contributed by atoms with van der Waals surface area (Å²) in [6.07, 6.45) is 0. The van der Waals surface area contributed by atoms with Crippen LogP contribution in [0.15, 0.2) is 58.7 Å². The molecule has 4 aromatic rings. The third-order valence-corrected chi connectivity index (χ3v) is 5.49. The van der Waals surface area contributed by atoms with Crippen LogP contribution >= 0.6 is 22.9 Å². The number of hydrogen-bond acceptors (Lipinski definition) is 4. The molecular weight excluding hydrogens is 413 g/mol. The number of carbonyl (C=O) groups excluding carboxylic acids is 1. The summed E-state index contributed by atoms with van der Waals surface area (Å²) in [5.41, 5.74) is 1.95. The molecule has 0 saturated carbocycles. The van der Waals surface area contributed by atoms with E-state index in [9.17, 15) is 14.0 Å². The Balaban J connectivity index is 1.58. The van der Waals surface area contributed by atoms with E-state index in [1.54, 1.807) is 25.1 Å². The summed E-state index contributed by atoms with van der Waals surface area (Å²) in [6.45, 7) is 1.53. The Morgan fingerprint density at radius 2 is 2.00 bits per heavy atom. The van der Waals surface area contributed by atoms with E-state index in [-0.39, 0.29) is 28.8 Å². The second kappa shape index (κ2) is 7.77. The van der Waals surface area contributed by atoms with Gasteiger partial charge < -0.3 is 9.88 Å². The quantitative estimate of drug-likeness (QED) is 0.505. The van der Waals surface area contributed by atoms with Gasteiger partial charge >= 0.3 is 0 Å². The largest absolute Gasteiger partial charge is 0.333 e. The van der Waals surface area contributed by atoms with Crippen LogP contribution in [0, 0.1) is 12.7 Å². The summed E-state index contributed by atoms with van der Waals surface area (Å²) in [5.74, 6) is -0.909. The highest BCUT2D eigenvalue weighted by Crippen LogP contribution is 2.26. The molecular formula is C21H15ClFN3O2S. The highest BCUT2D eigenvalue weighted by Gasteiger charge is 2.15. The van der Waals surface area contributed by atoms with Gasteiger partial charge in [0.25, 0.3) is 0 Å².